The SMILES string of the molecule is CN(C)C(=O)CC1CNC(=O)c2cc(-c3cccc(F)c3)cn21. The standard InChI is InChI=1S/C17H18FN3O2/c1-20(2)16(22)8-14-9-19-17(23)15-7-12(10-21(14)15)11-4-3-5-13(18)6-11/h3-7,10,14H,8-9H2,1-2H3,(H,19,23). The first-order valence-corrected chi connectivity index (χ1v) is 7.42. The summed E-state index contributed by atoms with van der Waals surface area (Å²) < 4.78 is 15.2. The normalized spacial score (nSPS) is 16.7. The minimum atomic E-state index is -0.324. The second-order valence-corrected chi connectivity index (χ2v) is 5.89. The minimum Gasteiger partial charge on any atom is -0.349 e. The third-order valence-electron chi connectivity index (χ3n) is 4.04. The number of rotatable bonds is 3. The summed E-state index contributed by atoms with van der Waals surface area (Å²) in [7, 11) is 3.41. The number of carbonyl (C=O) groups is 2. The van der Waals surface area contributed by atoms with Gasteiger partial charge in [0.1, 0.15) is 11.5 Å². The Hall–Kier alpha value is -2.63. The largest absolute Gasteiger partial charge is 0.349 e. The highest BCUT2D eigenvalue weighted by Crippen LogP contribution is 2.28. The van der Waals surface area contributed by atoms with Crippen molar-refractivity contribution in [1.29, 1.82) is 0 Å². The number of fused-ring (bicyclic) bond motifs is 1. The number of carbonyl (C=O) groups excluding carboxylic acids is 2. The van der Waals surface area contributed by atoms with Crippen LogP contribution in [0.1, 0.15) is 23.0 Å². The van der Waals surface area contributed by atoms with E-state index in [4.69, 9.17) is 0 Å². The van der Waals surface area contributed by atoms with Crippen molar-refractivity contribution in [2.24, 2.45) is 0 Å². The van der Waals surface area contributed by atoms with Gasteiger partial charge in [0, 0.05) is 38.8 Å². The number of amides is 2. The van der Waals surface area contributed by atoms with E-state index in [0.717, 1.165) is 5.56 Å². The molecule has 0 fully saturated rings. The number of halogens is 1. The summed E-state index contributed by atoms with van der Waals surface area (Å²) in [6.45, 7) is 0.405. The number of hydrogen-bond acceptors (Lipinski definition) is 2. The average Bonchev–Trinajstić information content (AvgIpc) is 2.96. The van der Waals surface area contributed by atoms with Gasteiger partial charge in [0.25, 0.3) is 5.91 Å². The second-order valence-electron chi connectivity index (χ2n) is 5.89. The lowest BCUT2D eigenvalue weighted by molar-refractivity contribution is -0.129. The first kappa shape index (κ1) is 15.3. The first-order chi connectivity index (χ1) is 11.0. The van der Waals surface area contributed by atoms with E-state index in [1.54, 1.807) is 32.3 Å². The average molecular weight is 315 g/mol. The van der Waals surface area contributed by atoms with Crippen molar-refractivity contribution in [3.63, 3.8) is 0 Å². The molecule has 3 rings (SSSR count). The van der Waals surface area contributed by atoms with Crippen LogP contribution in [-0.2, 0) is 4.79 Å². The summed E-state index contributed by atoms with van der Waals surface area (Å²) in [5.74, 6) is -0.505. The monoisotopic (exact) mass is 315 g/mol. The van der Waals surface area contributed by atoms with Crippen molar-refractivity contribution in [2.45, 2.75) is 12.5 Å². The number of nitrogens with one attached hydrogen (secondary N) is 1. The second kappa shape index (κ2) is 5.87. The maximum atomic E-state index is 13.4. The molecule has 1 aliphatic heterocycles. The molecule has 1 N–H and O–H groups in total. The van der Waals surface area contributed by atoms with Gasteiger partial charge in [0.2, 0.25) is 5.91 Å². The van der Waals surface area contributed by atoms with Crippen LogP contribution in [-0.4, -0.2) is 41.9 Å². The van der Waals surface area contributed by atoms with Crippen LogP contribution in [0.2, 0.25) is 0 Å². The topological polar surface area (TPSA) is 54.3 Å². The Bertz CT molecular complexity index is 767. The highest BCUT2D eigenvalue weighted by molar-refractivity contribution is 5.95. The van der Waals surface area contributed by atoms with Crippen molar-refractivity contribution < 1.29 is 14.0 Å². The molecule has 6 heteroatoms. The summed E-state index contributed by atoms with van der Waals surface area (Å²) in [5.41, 5.74) is 1.96. The highest BCUT2D eigenvalue weighted by atomic mass is 19.1. The van der Waals surface area contributed by atoms with Gasteiger partial charge in [-0.2, -0.15) is 0 Å². The van der Waals surface area contributed by atoms with E-state index >= 15 is 0 Å². The molecule has 0 saturated carbocycles. The third-order valence-corrected chi connectivity index (χ3v) is 4.04. The molecule has 5 nitrogen and oxygen atoms in total. The number of hydrogen-bond donors (Lipinski definition) is 1. The molecule has 23 heavy (non-hydrogen) atoms. The van der Waals surface area contributed by atoms with Gasteiger partial charge in [-0.05, 0) is 23.8 Å². The van der Waals surface area contributed by atoms with Gasteiger partial charge in [0.15, 0.2) is 0 Å². The lowest BCUT2D eigenvalue weighted by Gasteiger charge is -2.27. The molecule has 0 aliphatic carbocycles. The predicted octanol–water partition coefficient (Wildman–Crippen LogP) is 2.06. The van der Waals surface area contributed by atoms with Crippen LogP contribution in [0.25, 0.3) is 11.1 Å². The molecule has 1 aliphatic rings. The molecule has 1 aromatic carbocycles. The van der Waals surface area contributed by atoms with Gasteiger partial charge in [-0.1, -0.05) is 12.1 Å². The van der Waals surface area contributed by atoms with Crippen LogP contribution in [0, 0.1) is 5.82 Å². The summed E-state index contributed by atoms with van der Waals surface area (Å²) in [6.07, 6.45) is 2.12. The maximum Gasteiger partial charge on any atom is 0.268 e. The molecule has 0 spiro atoms. The molecule has 1 aromatic heterocycles. The zero-order valence-electron chi connectivity index (χ0n) is 13.0. The van der Waals surface area contributed by atoms with Gasteiger partial charge in [0.05, 0.1) is 6.04 Å². The fraction of sp³-hybridized carbons (Fsp3) is 0.294. The molecule has 0 bridgehead atoms. The van der Waals surface area contributed by atoms with Gasteiger partial charge in [-0.3, -0.25) is 9.59 Å². The summed E-state index contributed by atoms with van der Waals surface area (Å²) in [6, 6.07) is 7.83. The Labute approximate surface area is 133 Å². The van der Waals surface area contributed by atoms with Crippen molar-refractivity contribution in [3.05, 3.63) is 48.0 Å². The van der Waals surface area contributed by atoms with E-state index in [-0.39, 0.29) is 23.7 Å². The van der Waals surface area contributed by atoms with Crippen molar-refractivity contribution >= 4 is 11.8 Å². The summed E-state index contributed by atoms with van der Waals surface area (Å²) in [5, 5.41) is 2.80. The number of aromatic nitrogens is 1. The van der Waals surface area contributed by atoms with Gasteiger partial charge >= 0.3 is 0 Å². The molecule has 0 saturated heterocycles. The number of benzene rings is 1. The molecular formula is C17H18FN3O2. The number of nitrogens with zero attached hydrogens (tertiary/aromatic N) is 2. The minimum absolute atomic E-state index is 0.00176. The van der Waals surface area contributed by atoms with E-state index in [1.165, 1.54) is 17.0 Å². The molecule has 120 valence electrons. The molecule has 2 amide bonds. The van der Waals surface area contributed by atoms with E-state index < -0.39 is 0 Å². The Kier molecular flexibility index (Phi) is 3.90. The van der Waals surface area contributed by atoms with Crippen LogP contribution in [0.4, 0.5) is 4.39 Å². The molecule has 0 radical (unpaired) electrons. The van der Waals surface area contributed by atoms with E-state index in [1.807, 2.05) is 10.8 Å². The Balaban J connectivity index is 1.96. The van der Waals surface area contributed by atoms with Crippen LogP contribution >= 0.6 is 0 Å². The fourth-order valence-corrected chi connectivity index (χ4v) is 2.74. The van der Waals surface area contributed by atoms with E-state index in [2.05, 4.69) is 5.32 Å². The Morgan fingerprint density at radius 2 is 2.13 bits per heavy atom. The van der Waals surface area contributed by atoms with Crippen molar-refractivity contribution in [3.8, 4) is 11.1 Å². The van der Waals surface area contributed by atoms with Crippen molar-refractivity contribution in [1.82, 2.24) is 14.8 Å². The maximum absolute atomic E-state index is 13.4. The van der Waals surface area contributed by atoms with Gasteiger partial charge in [-0.25, -0.2) is 4.39 Å². The lowest BCUT2D eigenvalue weighted by Crippen LogP contribution is -2.40. The quantitative estimate of drug-likeness (QED) is 0.942. The van der Waals surface area contributed by atoms with E-state index in [0.29, 0.717) is 24.2 Å². The smallest absolute Gasteiger partial charge is 0.268 e. The zero-order valence-corrected chi connectivity index (χ0v) is 13.0. The first-order valence-electron chi connectivity index (χ1n) is 7.42. The summed E-state index contributed by atoms with van der Waals surface area (Å²) >= 11 is 0. The summed E-state index contributed by atoms with van der Waals surface area (Å²) in [4.78, 5) is 25.6. The Morgan fingerprint density at radius 3 is 2.83 bits per heavy atom. The van der Waals surface area contributed by atoms with Crippen LogP contribution in [0.15, 0.2) is 36.5 Å². The lowest BCUT2D eigenvalue weighted by atomic mass is 10.1. The molecule has 1 unspecified atom stereocenters. The van der Waals surface area contributed by atoms with Crippen LogP contribution < -0.4 is 5.32 Å². The molecule has 2 aromatic rings. The fourth-order valence-electron chi connectivity index (χ4n) is 2.74. The molecule has 1 atom stereocenters. The van der Waals surface area contributed by atoms with Gasteiger partial charge < -0.3 is 14.8 Å². The Morgan fingerprint density at radius 1 is 1.35 bits per heavy atom. The van der Waals surface area contributed by atoms with Crippen LogP contribution in [0.5, 0.6) is 0 Å². The van der Waals surface area contributed by atoms with Gasteiger partial charge in [-0.15, -0.1) is 0 Å². The predicted molar refractivity (Wildman–Crippen MR) is 84.5 cm³/mol. The third kappa shape index (κ3) is 2.97. The van der Waals surface area contributed by atoms with Crippen molar-refractivity contribution in [2.75, 3.05) is 20.6 Å². The van der Waals surface area contributed by atoms with Crippen LogP contribution in [0.3, 0.4) is 0 Å². The molecule has 2 heterocycles. The van der Waals surface area contributed by atoms with E-state index in [9.17, 15) is 14.0 Å². The highest BCUT2D eigenvalue weighted by Gasteiger charge is 2.27. The zero-order chi connectivity index (χ0) is 16.6. The molecular weight excluding hydrogens is 297 g/mol.